The van der Waals surface area contributed by atoms with Crippen molar-refractivity contribution >= 4 is 0 Å². The van der Waals surface area contributed by atoms with Crippen molar-refractivity contribution < 1.29 is 29.9 Å². The highest BCUT2D eigenvalue weighted by atomic mass is 16.7. The zero-order valence-electron chi connectivity index (χ0n) is 8.83. The first-order valence-corrected chi connectivity index (χ1v) is 4.84. The Morgan fingerprint density at radius 3 is 2.33 bits per heavy atom. The number of ether oxygens (including phenoxy) is 2. The van der Waals surface area contributed by atoms with Crippen molar-refractivity contribution in [3.63, 3.8) is 0 Å². The molecule has 4 atom stereocenters. The van der Waals surface area contributed by atoms with Crippen LogP contribution in [0.1, 0.15) is 13.8 Å². The maximum atomic E-state index is 9.63. The molecule has 1 rings (SSSR count). The molecule has 1 heterocycles. The Morgan fingerprint density at radius 2 is 1.93 bits per heavy atom. The second kappa shape index (κ2) is 4.73. The summed E-state index contributed by atoms with van der Waals surface area (Å²) < 4.78 is 10.5. The first-order valence-electron chi connectivity index (χ1n) is 4.84. The molecule has 1 saturated heterocycles. The van der Waals surface area contributed by atoms with E-state index in [1.807, 2.05) is 0 Å². The topological polar surface area (TPSA) is 99.4 Å². The fourth-order valence-corrected chi connectivity index (χ4v) is 1.44. The van der Waals surface area contributed by atoms with Crippen LogP contribution in [0.15, 0.2) is 0 Å². The molecule has 0 aromatic rings. The van der Waals surface area contributed by atoms with Gasteiger partial charge in [0.1, 0.15) is 24.4 Å². The smallest absolute Gasteiger partial charge is 0.163 e. The summed E-state index contributed by atoms with van der Waals surface area (Å²) in [6.07, 6.45) is -4.81. The van der Waals surface area contributed by atoms with Crippen LogP contribution in [0.2, 0.25) is 0 Å². The average molecular weight is 222 g/mol. The summed E-state index contributed by atoms with van der Waals surface area (Å²) in [6.45, 7) is 2.90. The first-order chi connectivity index (χ1) is 6.87. The van der Waals surface area contributed by atoms with Crippen LogP contribution in [0.5, 0.6) is 0 Å². The SMILES string of the molecule is CC1(C)OC[C@@H]([C@@H](O)[C@H](O)[C@H](O)CO)O1. The Bertz CT molecular complexity index is 207. The highest BCUT2D eigenvalue weighted by molar-refractivity contribution is 4.85. The molecule has 4 N–H and O–H groups in total. The first kappa shape index (κ1) is 12.8. The van der Waals surface area contributed by atoms with Crippen LogP contribution < -0.4 is 0 Å². The Kier molecular flexibility index (Phi) is 4.05. The van der Waals surface area contributed by atoms with Crippen molar-refractivity contribution in [2.45, 2.75) is 44.1 Å². The highest BCUT2D eigenvalue weighted by Gasteiger charge is 2.40. The molecule has 0 spiro atoms. The molecule has 6 nitrogen and oxygen atoms in total. The van der Waals surface area contributed by atoms with Crippen molar-refractivity contribution in [1.82, 2.24) is 0 Å². The monoisotopic (exact) mass is 222 g/mol. The molecular weight excluding hydrogens is 204 g/mol. The summed E-state index contributed by atoms with van der Waals surface area (Å²) in [7, 11) is 0. The van der Waals surface area contributed by atoms with Crippen LogP contribution in [-0.4, -0.2) is 63.8 Å². The highest BCUT2D eigenvalue weighted by Crippen LogP contribution is 2.25. The lowest BCUT2D eigenvalue weighted by atomic mass is 10.0. The van der Waals surface area contributed by atoms with E-state index >= 15 is 0 Å². The van der Waals surface area contributed by atoms with Gasteiger partial charge in [0.25, 0.3) is 0 Å². The maximum absolute atomic E-state index is 9.63. The van der Waals surface area contributed by atoms with E-state index in [1.165, 1.54) is 0 Å². The van der Waals surface area contributed by atoms with Crippen molar-refractivity contribution in [2.75, 3.05) is 13.2 Å². The predicted octanol–water partition coefficient (Wildman–Crippen LogP) is -1.79. The molecule has 0 amide bonds. The van der Waals surface area contributed by atoms with Gasteiger partial charge in [0.15, 0.2) is 5.79 Å². The van der Waals surface area contributed by atoms with Crippen LogP contribution in [0.3, 0.4) is 0 Å². The van der Waals surface area contributed by atoms with E-state index in [-0.39, 0.29) is 6.61 Å². The number of hydrogen-bond donors (Lipinski definition) is 4. The normalized spacial score (nSPS) is 31.2. The van der Waals surface area contributed by atoms with Gasteiger partial charge >= 0.3 is 0 Å². The zero-order valence-corrected chi connectivity index (χ0v) is 8.83. The van der Waals surface area contributed by atoms with Gasteiger partial charge in [-0.15, -0.1) is 0 Å². The average Bonchev–Trinajstić information content (AvgIpc) is 2.55. The zero-order chi connectivity index (χ0) is 11.6. The summed E-state index contributed by atoms with van der Waals surface area (Å²) in [5.74, 6) is -0.796. The molecule has 6 heteroatoms. The number of rotatable bonds is 4. The number of aliphatic hydroxyl groups excluding tert-OH is 4. The Hall–Kier alpha value is -0.240. The fraction of sp³-hybridized carbons (Fsp3) is 1.00. The minimum Gasteiger partial charge on any atom is -0.394 e. The van der Waals surface area contributed by atoms with Crippen molar-refractivity contribution in [2.24, 2.45) is 0 Å². The molecule has 1 aliphatic rings. The molecule has 0 unspecified atom stereocenters. The summed E-state index contributed by atoms with van der Waals surface area (Å²) >= 11 is 0. The molecule has 0 aliphatic carbocycles. The van der Waals surface area contributed by atoms with Gasteiger partial charge < -0.3 is 29.9 Å². The standard InChI is InChI=1S/C9H18O6/c1-9(2)14-4-6(15-9)8(13)7(12)5(11)3-10/h5-8,10-13H,3-4H2,1-2H3/t5-,6+,7-,8-/m1/s1. The van der Waals surface area contributed by atoms with Crippen LogP contribution in [0.4, 0.5) is 0 Å². The molecule has 0 radical (unpaired) electrons. The molecule has 0 aromatic heterocycles. The van der Waals surface area contributed by atoms with Crippen molar-refractivity contribution in [3.05, 3.63) is 0 Å². The lowest BCUT2D eigenvalue weighted by Gasteiger charge is -2.26. The molecule has 0 bridgehead atoms. The lowest BCUT2D eigenvalue weighted by molar-refractivity contribution is -0.170. The molecule has 90 valence electrons. The van der Waals surface area contributed by atoms with Gasteiger partial charge in [-0.2, -0.15) is 0 Å². The van der Waals surface area contributed by atoms with Crippen molar-refractivity contribution in [3.8, 4) is 0 Å². The Labute approximate surface area is 88.1 Å². The number of hydrogen-bond acceptors (Lipinski definition) is 6. The van der Waals surface area contributed by atoms with Gasteiger partial charge in [0, 0.05) is 0 Å². The second-order valence-electron chi connectivity index (χ2n) is 4.10. The lowest BCUT2D eigenvalue weighted by Crippen LogP contribution is -2.47. The Balaban J connectivity index is 2.51. The van der Waals surface area contributed by atoms with Gasteiger partial charge in [-0.05, 0) is 13.8 Å². The molecule has 0 aromatic carbocycles. The van der Waals surface area contributed by atoms with E-state index in [0.29, 0.717) is 0 Å². The van der Waals surface area contributed by atoms with E-state index in [1.54, 1.807) is 13.8 Å². The van der Waals surface area contributed by atoms with Crippen molar-refractivity contribution in [1.29, 1.82) is 0 Å². The van der Waals surface area contributed by atoms with Gasteiger partial charge in [-0.25, -0.2) is 0 Å². The molecule has 0 saturated carbocycles. The van der Waals surface area contributed by atoms with E-state index in [2.05, 4.69) is 0 Å². The molecular formula is C9H18O6. The predicted molar refractivity (Wildman–Crippen MR) is 50.0 cm³/mol. The summed E-state index contributed by atoms with van der Waals surface area (Å²) in [5, 5.41) is 36.8. The molecule has 1 fully saturated rings. The van der Waals surface area contributed by atoms with Gasteiger partial charge in [-0.1, -0.05) is 0 Å². The van der Waals surface area contributed by atoms with E-state index < -0.39 is 36.8 Å². The number of aliphatic hydroxyl groups is 4. The van der Waals surface area contributed by atoms with Crippen LogP contribution in [-0.2, 0) is 9.47 Å². The fourth-order valence-electron chi connectivity index (χ4n) is 1.44. The second-order valence-corrected chi connectivity index (χ2v) is 4.10. The third-order valence-electron chi connectivity index (χ3n) is 2.34. The van der Waals surface area contributed by atoms with Crippen LogP contribution in [0.25, 0.3) is 0 Å². The third kappa shape index (κ3) is 3.10. The largest absolute Gasteiger partial charge is 0.394 e. The molecule has 15 heavy (non-hydrogen) atoms. The van der Waals surface area contributed by atoms with E-state index in [0.717, 1.165) is 0 Å². The van der Waals surface area contributed by atoms with Gasteiger partial charge in [-0.3, -0.25) is 0 Å². The quantitative estimate of drug-likeness (QED) is 0.448. The van der Waals surface area contributed by atoms with Gasteiger partial charge in [0.2, 0.25) is 0 Å². The summed E-state index contributed by atoms with van der Waals surface area (Å²) in [4.78, 5) is 0. The molecule has 1 aliphatic heterocycles. The minimum absolute atomic E-state index is 0.142. The Morgan fingerprint density at radius 1 is 1.33 bits per heavy atom. The van der Waals surface area contributed by atoms with E-state index in [9.17, 15) is 10.2 Å². The summed E-state index contributed by atoms with van der Waals surface area (Å²) in [6, 6.07) is 0. The minimum atomic E-state index is -1.45. The summed E-state index contributed by atoms with van der Waals surface area (Å²) in [5.41, 5.74) is 0. The van der Waals surface area contributed by atoms with Crippen LogP contribution >= 0.6 is 0 Å². The van der Waals surface area contributed by atoms with Crippen LogP contribution in [0, 0.1) is 0 Å². The van der Waals surface area contributed by atoms with E-state index in [4.69, 9.17) is 19.7 Å². The maximum Gasteiger partial charge on any atom is 0.163 e. The third-order valence-corrected chi connectivity index (χ3v) is 2.34. The van der Waals surface area contributed by atoms with Gasteiger partial charge in [0.05, 0.1) is 13.2 Å².